The van der Waals surface area contributed by atoms with Gasteiger partial charge in [0.1, 0.15) is 0 Å². The number of hydrogen-bond acceptors (Lipinski definition) is 2. The van der Waals surface area contributed by atoms with E-state index in [1.807, 2.05) is 0 Å². The van der Waals surface area contributed by atoms with E-state index < -0.39 is 0 Å². The lowest BCUT2D eigenvalue weighted by Crippen LogP contribution is -2.51. The molecule has 2 heteroatoms. The van der Waals surface area contributed by atoms with Crippen LogP contribution in [0, 0.1) is 32.1 Å². The summed E-state index contributed by atoms with van der Waals surface area (Å²) in [5, 5.41) is 0. The maximum absolute atomic E-state index is 4.89. The molecule has 0 spiro atoms. The highest BCUT2D eigenvalue weighted by Crippen LogP contribution is 2.35. The molecule has 0 aliphatic carbocycles. The van der Waals surface area contributed by atoms with Crippen LogP contribution in [-0.2, 0) is 6.54 Å². The smallest absolute Gasteiger partial charge is 0.0464 e. The van der Waals surface area contributed by atoms with Crippen molar-refractivity contribution in [2.75, 3.05) is 13.1 Å². The van der Waals surface area contributed by atoms with Crippen LogP contribution in [0.1, 0.15) is 68.6 Å². The largest absolute Gasteiger partial charge is 0.298 e. The van der Waals surface area contributed by atoms with Gasteiger partial charge in [0.05, 0.1) is 0 Å². The summed E-state index contributed by atoms with van der Waals surface area (Å²) in [5.74, 6) is 1.34. The van der Waals surface area contributed by atoms with Gasteiger partial charge in [-0.1, -0.05) is 34.6 Å². The van der Waals surface area contributed by atoms with Crippen LogP contribution in [-0.4, -0.2) is 23.0 Å². The van der Waals surface area contributed by atoms with Crippen LogP contribution in [0.5, 0.6) is 0 Å². The van der Waals surface area contributed by atoms with E-state index in [1.54, 1.807) is 0 Å². The first-order valence-corrected chi connectivity index (χ1v) is 8.30. The fourth-order valence-corrected chi connectivity index (χ4v) is 3.29. The second-order valence-electron chi connectivity index (χ2n) is 8.22. The first-order valence-electron chi connectivity index (χ1n) is 8.30. The minimum atomic E-state index is 0.441. The molecule has 0 atom stereocenters. The van der Waals surface area contributed by atoms with Crippen LogP contribution in [0.3, 0.4) is 0 Å². The van der Waals surface area contributed by atoms with Gasteiger partial charge in [-0.25, -0.2) is 0 Å². The fraction of sp³-hybridized carbons (Fsp3) is 0.737. The molecule has 0 radical (unpaired) electrons. The molecular weight excluding hydrogens is 256 g/mol. The zero-order valence-electron chi connectivity index (χ0n) is 15.2. The fourth-order valence-electron chi connectivity index (χ4n) is 3.29. The molecule has 1 aromatic heterocycles. The molecule has 1 aliphatic heterocycles. The Kier molecular flexibility index (Phi) is 4.49. The van der Waals surface area contributed by atoms with Gasteiger partial charge < -0.3 is 0 Å². The first-order chi connectivity index (χ1) is 9.61. The van der Waals surface area contributed by atoms with Crippen LogP contribution >= 0.6 is 0 Å². The zero-order chi connectivity index (χ0) is 15.9. The molecule has 1 aliphatic rings. The molecule has 1 aromatic rings. The lowest BCUT2D eigenvalue weighted by atomic mass is 9.76. The van der Waals surface area contributed by atoms with Crippen molar-refractivity contribution in [3.63, 3.8) is 0 Å². The summed E-state index contributed by atoms with van der Waals surface area (Å²) in [4.78, 5) is 7.46. The van der Waals surface area contributed by atoms with Crippen molar-refractivity contribution >= 4 is 0 Å². The molecule has 1 saturated heterocycles. The molecule has 21 heavy (non-hydrogen) atoms. The molecule has 118 valence electrons. The third kappa shape index (κ3) is 3.31. The second-order valence-corrected chi connectivity index (χ2v) is 8.22. The van der Waals surface area contributed by atoms with Crippen LogP contribution < -0.4 is 0 Å². The lowest BCUT2D eigenvalue weighted by molar-refractivity contribution is 0.0186. The highest BCUT2D eigenvalue weighted by Gasteiger charge is 2.35. The van der Waals surface area contributed by atoms with Gasteiger partial charge >= 0.3 is 0 Å². The maximum Gasteiger partial charge on any atom is 0.0464 e. The Bertz CT molecular complexity index is 517. The zero-order valence-corrected chi connectivity index (χ0v) is 15.2. The van der Waals surface area contributed by atoms with E-state index in [1.165, 1.54) is 41.2 Å². The number of aromatic nitrogens is 1. The molecule has 2 heterocycles. The Morgan fingerprint density at radius 1 is 1.10 bits per heavy atom. The van der Waals surface area contributed by atoms with Crippen molar-refractivity contribution in [2.45, 2.75) is 67.9 Å². The molecule has 2 rings (SSSR count). The van der Waals surface area contributed by atoms with Gasteiger partial charge in [0.15, 0.2) is 0 Å². The standard InChI is InChI=1S/C19H32N2/c1-12(2)18-14(4)13(3)17(15(5)20-18)11-21-9-16(10-21)19(6,7)8/h12,16H,9-11H2,1-8H3. The van der Waals surface area contributed by atoms with E-state index >= 15 is 0 Å². The van der Waals surface area contributed by atoms with Crippen molar-refractivity contribution in [3.05, 3.63) is 28.1 Å². The van der Waals surface area contributed by atoms with Gasteiger partial charge in [0, 0.05) is 31.0 Å². The summed E-state index contributed by atoms with van der Waals surface area (Å²) in [6.45, 7) is 21.7. The van der Waals surface area contributed by atoms with Crippen LogP contribution in [0.15, 0.2) is 0 Å². The maximum atomic E-state index is 4.89. The average Bonchev–Trinajstić information content (AvgIpc) is 2.29. The van der Waals surface area contributed by atoms with E-state index in [0.29, 0.717) is 11.3 Å². The SMILES string of the molecule is Cc1nc(C(C)C)c(C)c(C)c1CN1CC(C(C)(C)C)C1. The predicted octanol–water partition coefficient (Wildman–Crippen LogP) is 4.61. The van der Waals surface area contributed by atoms with Crippen molar-refractivity contribution < 1.29 is 0 Å². The third-order valence-corrected chi connectivity index (χ3v) is 5.23. The summed E-state index contributed by atoms with van der Waals surface area (Å²) < 4.78 is 0. The Morgan fingerprint density at radius 3 is 2.14 bits per heavy atom. The average molecular weight is 288 g/mol. The normalized spacial score (nSPS) is 17.4. The topological polar surface area (TPSA) is 16.1 Å². The summed E-state index contributed by atoms with van der Waals surface area (Å²) in [7, 11) is 0. The summed E-state index contributed by atoms with van der Waals surface area (Å²) >= 11 is 0. The molecule has 0 N–H and O–H groups in total. The summed E-state index contributed by atoms with van der Waals surface area (Å²) in [6, 6.07) is 0. The number of aryl methyl sites for hydroxylation is 1. The first kappa shape index (κ1) is 16.5. The molecule has 0 unspecified atom stereocenters. The van der Waals surface area contributed by atoms with Gasteiger partial charge in [-0.2, -0.15) is 0 Å². The highest BCUT2D eigenvalue weighted by atomic mass is 15.2. The number of nitrogens with zero attached hydrogens (tertiary/aromatic N) is 2. The van der Waals surface area contributed by atoms with Gasteiger partial charge in [-0.15, -0.1) is 0 Å². The summed E-state index contributed by atoms with van der Waals surface area (Å²) in [5.41, 5.74) is 7.22. The van der Waals surface area contributed by atoms with E-state index in [2.05, 4.69) is 60.3 Å². The van der Waals surface area contributed by atoms with E-state index in [-0.39, 0.29) is 0 Å². The lowest BCUT2D eigenvalue weighted by Gasteiger charge is -2.46. The van der Waals surface area contributed by atoms with E-state index in [9.17, 15) is 0 Å². The molecule has 1 fully saturated rings. The van der Waals surface area contributed by atoms with Crippen molar-refractivity contribution in [1.29, 1.82) is 0 Å². The highest BCUT2D eigenvalue weighted by molar-refractivity contribution is 5.39. The predicted molar refractivity (Wildman–Crippen MR) is 90.8 cm³/mol. The Labute approximate surface area is 131 Å². The van der Waals surface area contributed by atoms with Crippen LogP contribution in [0.2, 0.25) is 0 Å². The van der Waals surface area contributed by atoms with Gasteiger partial charge in [-0.05, 0) is 54.7 Å². The third-order valence-electron chi connectivity index (χ3n) is 5.23. The Morgan fingerprint density at radius 2 is 1.67 bits per heavy atom. The number of rotatable bonds is 3. The van der Waals surface area contributed by atoms with Crippen LogP contribution in [0.25, 0.3) is 0 Å². The molecule has 0 aromatic carbocycles. The molecule has 0 saturated carbocycles. The van der Waals surface area contributed by atoms with Gasteiger partial charge in [0.25, 0.3) is 0 Å². The van der Waals surface area contributed by atoms with E-state index in [0.717, 1.165) is 12.5 Å². The second kappa shape index (κ2) is 5.72. The Balaban J connectivity index is 2.14. The number of hydrogen-bond donors (Lipinski definition) is 0. The quantitative estimate of drug-likeness (QED) is 0.807. The summed E-state index contributed by atoms with van der Waals surface area (Å²) in [6.07, 6.45) is 0. The van der Waals surface area contributed by atoms with Crippen molar-refractivity contribution in [2.24, 2.45) is 11.3 Å². The van der Waals surface area contributed by atoms with Gasteiger partial charge in [-0.3, -0.25) is 9.88 Å². The van der Waals surface area contributed by atoms with Crippen molar-refractivity contribution in [1.82, 2.24) is 9.88 Å². The molecular formula is C19H32N2. The molecule has 0 bridgehead atoms. The number of likely N-dealkylation sites (tertiary alicyclic amines) is 1. The minimum absolute atomic E-state index is 0.441. The minimum Gasteiger partial charge on any atom is -0.298 e. The van der Waals surface area contributed by atoms with Crippen molar-refractivity contribution in [3.8, 4) is 0 Å². The van der Waals surface area contributed by atoms with Crippen LogP contribution in [0.4, 0.5) is 0 Å². The molecule has 2 nitrogen and oxygen atoms in total. The monoisotopic (exact) mass is 288 g/mol. The Hall–Kier alpha value is -0.890. The molecule has 0 amide bonds. The van der Waals surface area contributed by atoms with E-state index in [4.69, 9.17) is 4.98 Å². The number of pyridine rings is 1. The van der Waals surface area contributed by atoms with Gasteiger partial charge in [0.2, 0.25) is 0 Å².